The summed E-state index contributed by atoms with van der Waals surface area (Å²) in [5.74, 6) is 1.10. The summed E-state index contributed by atoms with van der Waals surface area (Å²) in [6, 6.07) is 18.8. The fraction of sp³-hybridized carbons (Fsp3) is 0.417. The minimum atomic E-state index is 0.0612. The van der Waals surface area contributed by atoms with Crippen LogP contribution in [0.25, 0.3) is 0 Å². The number of aryl methyl sites for hydroxylation is 1. The molecule has 4 nitrogen and oxygen atoms in total. The molecule has 2 aromatic rings. The third-order valence-corrected chi connectivity index (χ3v) is 6.93. The third kappa shape index (κ3) is 4.84. The smallest absolute Gasteiger partial charge is 0.227 e. The number of hydrogen-bond donors (Lipinski definition) is 0. The predicted molar refractivity (Wildman–Crippen MR) is 118 cm³/mol. The van der Waals surface area contributed by atoms with Crippen LogP contribution in [-0.4, -0.2) is 41.6 Å². The van der Waals surface area contributed by atoms with Crippen LogP contribution in [0.15, 0.2) is 59.5 Å². The van der Waals surface area contributed by atoms with Crippen LogP contribution in [-0.2, 0) is 16.0 Å². The summed E-state index contributed by atoms with van der Waals surface area (Å²) >= 11 is 1.79. The highest BCUT2D eigenvalue weighted by Gasteiger charge is 2.29. The Balaban J connectivity index is 1.30. The number of fused-ring (bicyclic) bond motifs is 1. The van der Waals surface area contributed by atoms with Crippen LogP contribution in [0.4, 0.5) is 5.69 Å². The topological polar surface area (TPSA) is 40.6 Å². The SMILES string of the molecule is O=C(CCC(=O)N1CCCC1CCc1ccccc1)N1CCSc2ccccc21. The van der Waals surface area contributed by atoms with Crippen molar-refractivity contribution < 1.29 is 9.59 Å². The van der Waals surface area contributed by atoms with Gasteiger partial charge >= 0.3 is 0 Å². The monoisotopic (exact) mass is 408 g/mol. The Hall–Kier alpha value is -2.27. The Morgan fingerprint density at radius 3 is 2.55 bits per heavy atom. The number of amides is 2. The van der Waals surface area contributed by atoms with E-state index in [4.69, 9.17) is 0 Å². The number of carbonyl (C=O) groups is 2. The number of nitrogens with zero attached hydrogens (tertiary/aromatic N) is 2. The average Bonchev–Trinajstić information content (AvgIpc) is 3.25. The first-order chi connectivity index (χ1) is 14.2. The van der Waals surface area contributed by atoms with E-state index in [2.05, 4.69) is 30.3 Å². The van der Waals surface area contributed by atoms with E-state index in [0.717, 1.165) is 55.1 Å². The first-order valence-electron chi connectivity index (χ1n) is 10.6. The van der Waals surface area contributed by atoms with E-state index in [-0.39, 0.29) is 11.8 Å². The molecule has 1 atom stereocenters. The first kappa shape index (κ1) is 20.0. The summed E-state index contributed by atoms with van der Waals surface area (Å²) in [7, 11) is 0. The number of hydrogen-bond acceptors (Lipinski definition) is 3. The second kappa shape index (κ2) is 9.49. The van der Waals surface area contributed by atoms with Crippen LogP contribution in [0.5, 0.6) is 0 Å². The molecule has 0 bridgehead atoms. The van der Waals surface area contributed by atoms with Crippen molar-refractivity contribution in [1.29, 1.82) is 0 Å². The molecule has 0 spiro atoms. The summed E-state index contributed by atoms with van der Waals surface area (Å²) in [5.41, 5.74) is 2.31. The lowest BCUT2D eigenvalue weighted by molar-refractivity contribution is -0.134. The lowest BCUT2D eigenvalue weighted by Crippen LogP contribution is -2.38. The van der Waals surface area contributed by atoms with E-state index in [1.807, 2.05) is 34.1 Å². The van der Waals surface area contributed by atoms with E-state index in [9.17, 15) is 9.59 Å². The first-order valence-corrected chi connectivity index (χ1v) is 11.6. The zero-order valence-electron chi connectivity index (χ0n) is 16.8. The van der Waals surface area contributed by atoms with Gasteiger partial charge in [0.1, 0.15) is 0 Å². The number of carbonyl (C=O) groups excluding carboxylic acids is 2. The highest BCUT2D eigenvalue weighted by molar-refractivity contribution is 7.99. The number of para-hydroxylation sites is 1. The minimum absolute atomic E-state index is 0.0612. The van der Waals surface area contributed by atoms with Gasteiger partial charge in [-0.15, -0.1) is 11.8 Å². The zero-order valence-corrected chi connectivity index (χ0v) is 17.6. The van der Waals surface area contributed by atoms with Gasteiger partial charge in [0.2, 0.25) is 11.8 Å². The van der Waals surface area contributed by atoms with Gasteiger partial charge in [-0.1, -0.05) is 42.5 Å². The number of likely N-dealkylation sites (tertiary alicyclic amines) is 1. The minimum Gasteiger partial charge on any atom is -0.340 e. The molecule has 4 rings (SSSR count). The third-order valence-electron chi connectivity index (χ3n) is 5.89. The molecule has 152 valence electrons. The standard InChI is InChI=1S/C24H28N2O2S/c27-23(25-16-6-9-20(25)13-12-19-7-2-1-3-8-19)14-15-24(28)26-17-18-29-22-11-5-4-10-21(22)26/h1-5,7-8,10-11,20H,6,9,12-18H2. The van der Waals surface area contributed by atoms with Crippen molar-refractivity contribution in [2.45, 2.75) is 49.5 Å². The molecule has 2 aliphatic rings. The fourth-order valence-electron chi connectivity index (χ4n) is 4.36. The van der Waals surface area contributed by atoms with Gasteiger partial charge in [-0.05, 0) is 43.4 Å². The molecule has 0 radical (unpaired) electrons. The fourth-order valence-corrected chi connectivity index (χ4v) is 5.36. The van der Waals surface area contributed by atoms with Gasteiger partial charge in [-0.2, -0.15) is 0 Å². The van der Waals surface area contributed by atoms with Crippen molar-refractivity contribution in [2.24, 2.45) is 0 Å². The molecule has 29 heavy (non-hydrogen) atoms. The Bertz CT molecular complexity index is 855. The van der Waals surface area contributed by atoms with E-state index < -0.39 is 0 Å². The maximum absolute atomic E-state index is 12.9. The average molecular weight is 409 g/mol. The van der Waals surface area contributed by atoms with Gasteiger partial charge in [0, 0.05) is 42.6 Å². The highest BCUT2D eigenvalue weighted by atomic mass is 32.2. The van der Waals surface area contributed by atoms with Crippen LogP contribution >= 0.6 is 11.8 Å². The van der Waals surface area contributed by atoms with Gasteiger partial charge in [0.05, 0.1) is 5.69 Å². The van der Waals surface area contributed by atoms with Crippen LogP contribution in [0.3, 0.4) is 0 Å². The van der Waals surface area contributed by atoms with Crippen molar-refractivity contribution in [2.75, 3.05) is 23.7 Å². The molecule has 2 heterocycles. The number of benzene rings is 2. The van der Waals surface area contributed by atoms with Crippen molar-refractivity contribution >= 4 is 29.3 Å². The zero-order chi connectivity index (χ0) is 20.1. The molecule has 0 aliphatic carbocycles. The van der Waals surface area contributed by atoms with Crippen LogP contribution < -0.4 is 4.90 Å². The quantitative estimate of drug-likeness (QED) is 0.705. The summed E-state index contributed by atoms with van der Waals surface area (Å²) in [6.07, 6.45) is 4.74. The predicted octanol–water partition coefficient (Wildman–Crippen LogP) is 4.53. The van der Waals surface area contributed by atoms with Crippen molar-refractivity contribution in [3.8, 4) is 0 Å². The summed E-state index contributed by atoms with van der Waals surface area (Å²) < 4.78 is 0. The van der Waals surface area contributed by atoms with Gasteiger partial charge in [0.15, 0.2) is 0 Å². The highest BCUT2D eigenvalue weighted by Crippen LogP contribution is 2.34. The summed E-state index contributed by atoms with van der Waals surface area (Å²) in [4.78, 5) is 30.7. The molecule has 1 fully saturated rings. The molecule has 2 amide bonds. The molecule has 0 N–H and O–H groups in total. The largest absolute Gasteiger partial charge is 0.340 e. The van der Waals surface area contributed by atoms with Crippen molar-refractivity contribution in [3.63, 3.8) is 0 Å². The lowest BCUT2D eigenvalue weighted by Gasteiger charge is -2.29. The number of rotatable bonds is 6. The molecule has 1 saturated heterocycles. The molecular weight excluding hydrogens is 380 g/mol. The van der Waals surface area contributed by atoms with Gasteiger partial charge in [-0.25, -0.2) is 0 Å². The van der Waals surface area contributed by atoms with Gasteiger partial charge < -0.3 is 9.80 Å². The van der Waals surface area contributed by atoms with E-state index in [0.29, 0.717) is 18.9 Å². The Labute approximate surface area is 177 Å². The Kier molecular flexibility index (Phi) is 6.55. The summed E-state index contributed by atoms with van der Waals surface area (Å²) in [6.45, 7) is 1.55. The molecular formula is C24H28N2O2S. The van der Waals surface area contributed by atoms with Crippen LogP contribution in [0, 0.1) is 0 Å². The van der Waals surface area contributed by atoms with Crippen molar-refractivity contribution in [1.82, 2.24) is 4.90 Å². The lowest BCUT2D eigenvalue weighted by atomic mass is 10.0. The van der Waals surface area contributed by atoms with Crippen LogP contribution in [0.1, 0.15) is 37.7 Å². The maximum atomic E-state index is 12.9. The van der Waals surface area contributed by atoms with E-state index >= 15 is 0 Å². The normalized spacial score (nSPS) is 18.6. The summed E-state index contributed by atoms with van der Waals surface area (Å²) in [5, 5.41) is 0. The Morgan fingerprint density at radius 1 is 0.931 bits per heavy atom. The van der Waals surface area contributed by atoms with Gasteiger partial charge in [0.25, 0.3) is 0 Å². The maximum Gasteiger partial charge on any atom is 0.227 e. The van der Waals surface area contributed by atoms with Crippen LogP contribution in [0.2, 0.25) is 0 Å². The molecule has 1 unspecified atom stereocenters. The Morgan fingerprint density at radius 2 is 1.69 bits per heavy atom. The second-order valence-corrected chi connectivity index (χ2v) is 8.91. The molecule has 2 aromatic carbocycles. The number of anilines is 1. The molecule has 0 saturated carbocycles. The van der Waals surface area contributed by atoms with Gasteiger partial charge in [-0.3, -0.25) is 9.59 Å². The van der Waals surface area contributed by atoms with Crippen molar-refractivity contribution in [3.05, 3.63) is 60.2 Å². The van der Waals surface area contributed by atoms with E-state index in [1.54, 1.807) is 11.8 Å². The van der Waals surface area contributed by atoms with E-state index in [1.165, 1.54) is 5.56 Å². The molecule has 0 aromatic heterocycles. The molecule has 2 aliphatic heterocycles. The molecule has 5 heteroatoms. The second-order valence-electron chi connectivity index (χ2n) is 7.77. The number of thioether (sulfide) groups is 1.